The van der Waals surface area contributed by atoms with E-state index in [1.54, 1.807) is 0 Å². The highest BCUT2D eigenvalue weighted by molar-refractivity contribution is 5.28. The number of aliphatic hydroxyl groups excluding tert-OH is 1. The minimum atomic E-state index is -0.391. The maximum Gasteiger partial charge on any atom is 0.119 e. The van der Waals surface area contributed by atoms with Crippen LogP contribution in [0.2, 0.25) is 0 Å². The van der Waals surface area contributed by atoms with Crippen LogP contribution < -0.4 is 10.1 Å². The molecule has 18 heavy (non-hydrogen) atoms. The molecule has 1 aromatic carbocycles. The van der Waals surface area contributed by atoms with Crippen LogP contribution in [0.5, 0.6) is 5.75 Å². The molecule has 1 unspecified atom stereocenters. The average molecular weight is 249 g/mol. The first kappa shape index (κ1) is 13.4. The number of nitrogens with one attached hydrogen (secondary N) is 1. The lowest BCUT2D eigenvalue weighted by Crippen LogP contribution is -2.12. The first-order chi connectivity index (χ1) is 8.79. The van der Waals surface area contributed by atoms with Crippen molar-refractivity contribution < 1.29 is 9.84 Å². The van der Waals surface area contributed by atoms with Crippen LogP contribution in [0.4, 0.5) is 0 Å². The highest BCUT2D eigenvalue weighted by Gasteiger charge is 2.16. The molecular weight excluding hydrogens is 226 g/mol. The van der Waals surface area contributed by atoms with Crippen molar-refractivity contribution in [1.82, 2.24) is 5.32 Å². The largest absolute Gasteiger partial charge is 0.490 e. The Labute approximate surface area is 109 Å². The van der Waals surface area contributed by atoms with Gasteiger partial charge in [-0.15, -0.1) is 0 Å². The maximum absolute atomic E-state index is 9.95. The number of hydrogen-bond acceptors (Lipinski definition) is 3. The normalized spacial score (nSPS) is 17.9. The summed E-state index contributed by atoms with van der Waals surface area (Å²) in [6.07, 6.45) is 5.65. The summed E-state index contributed by atoms with van der Waals surface area (Å²) in [6, 6.07) is 7.86. The molecule has 0 spiro atoms. The molecule has 100 valence electrons. The fourth-order valence-corrected chi connectivity index (χ4v) is 2.41. The quantitative estimate of drug-likeness (QED) is 0.814. The SMILES string of the molecule is CNCCC(O)c1ccc(OC2CCCC2)cc1. The molecule has 1 aliphatic rings. The number of benzene rings is 1. The molecule has 1 fully saturated rings. The third kappa shape index (κ3) is 3.72. The minimum Gasteiger partial charge on any atom is -0.490 e. The van der Waals surface area contributed by atoms with Gasteiger partial charge in [-0.2, -0.15) is 0 Å². The zero-order valence-electron chi connectivity index (χ0n) is 11.1. The molecule has 2 rings (SSSR count). The van der Waals surface area contributed by atoms with Gasteiger partial charge >= 0.3 is 0 Å². The Balaban J connectivity index is 1.88. The van der Waals surface area contributed by atoms with Gasteiger partial charge in [0.05, 0.1) is 12.2 Å². The van der Waals surface area contributed by atoms with Crippen molar-refractivity contribution in [3.63, 3.8) is 0 Å². The molecule has 2 N–H and O–H groups in total. The molecule has 0 aromatic heterocycles. The fourth-order valence-electron chi connectivity index (χ4n) is 2.41. The highest BCUT2D eigenvalue weighted by atomic mass is 16.5. The van der Waals surface area contributed by atoms with Gasteiger partial charge in [0.15, 0.2) is 0 Å². The summed E-state index contributed by atoms with van der Waals surface area (Å²) < 4.78 is 5.90. The molecule has 1 atom stereocenters. The van der Waals surface area contributed by atoms with Gasteiger partial charge in [0.25, 0.3) is 0 Å². The fraction of sp³-hybridized carbons (Fsp3) is 0.600. The predicted molar refractivity (Wildman–Crippen MR) is 72.8 cm³/mol. The van der Waals surface area contributed by atoms with Gasteiger partial charge in [-0.3, -0.25) is 0 Å². The highest BCUT2D eigenvalue weighted by Crippen LogP contribution is 2.25. The Hall–Kier alpha value is -1.06. The summed E-state index contributed by atoms with van der Waals surface area (Å²) in [5, 5.41) is 13.0. The summed E-state index contributed by atoms with van der Waals surface area (Å²) in [5.74, 6) is 0.923. The van der Waals surface area contributed by atoms with Gasteiger partial charge in [-0.1, -0.05) is 12.1 Å². The summed E-state index contributed by atoms with van der Waals surface area (Å²) in [6.45, 7) is 0.821. The number of hydrogen-bond donors (Lipinski definition) is 2. The zero-order valence-corrected chi connectivity index (χ0v) is 11.1. The predicted octanol–water partition coefficient (Wildman–Crippen LogP) is 2.65. The van der Waals surface area contributed by atoms with E-state index in [2.05, 4.69) is 5.32 Å². The van der Waals surface area contributed by atoms with Gasteiger partial charge in [0.2, 0.25) is 0 Å². The maximum atomic E-state index is 9.95. The Morgan fingerprint density at radius 1 is 1.28 bits per heavy atom. The van der Waals surface area contributed by atoms with Gasteiger partial charge in [-0.25, -0.2) is 0 Å². The van der Waals surface area contributed by atoms with E-state index >= 15 is 0 Å². The molecule has 3 nitrogen and oxygen atoms in total. The van der Waals surface area contributed by atoms with Crippen LogP contribution >= 0.6 is 0 Å². The number of aliphatic hydroxyl groups is 1. The monoisotopic (exact) mass is 249 g/mol. The molecule has 0 amide bonds. The van der Waals surface area contributed by atoms with Crippen LogP contribution in [-0.2, 0) is 0 Å². The summed E-state index contributed by atoms with van der Waals surface area (Å²) in [5.41, 5.74) is 0.962. The van der Waals surface area contributed by atoms with Crippen molar-refractivity contribution in [2.75, 3.05) is 13.6 Å². The molecule has 0 bridgehead atoms. The molecular formula is C15H23NO2. The molecule has 0 aliphatic heterocycles. The van der Waals surface area contributed by atoms with Crippen LogP contribution in [0.25, 0.3) is 0 Å². The third-order valence-corrected chi connectivity index (χ3v) is 3.54. The second-order valence-corrected chi connectivity index (χ2v) is 5.00. The second kappa shape index (κ2) is 6.76. The van der Waals surface area contributed by atoms with Crippen molar-refractivity contribution in [3.05, 3.63) is 29.8 Å². The van der Waals surface area contributed by atoms with Crippen molar-refractivity contribution in [3.8, 4) is 5.75 Å². The smallest absolute Gasteiger partial charge is 0.119 e. The average Bonchev–Trinajstić information content (AvgIpc) is 2.89. The first-order valence-electron chi connectivity index (χ1n) is 6.89. The minimum absolute atomic E-state index is 0.391. The molecule has 0 heterocycles. The van der Waals surface area contributed by atoms with Gasteiger partial charge in [0, 0.05) is 0 Å². The number of rotatable bonds is 6. The van der Waals surface area contributed by atoms with Crippen LogP contribution in [-0.4, -0.2) is 24.8 Å². The lowest BCUT2D eigenvalue weighted by Gasteiger charge is -2.15. The van der Waals surface area contributed by atoms with Gasteiger partial charge < -0.3 is 15.2 Å². The Bertz CT molecular complexity index is 344. The van der Waals surface area contributed by atoms with Crippen molar-refractivity contribution in [2.24, 2.45) is 0 Å². The summed E-state index contributed by atoms with van der Waals surface area (Å²) in [4.78, 5) is 0. The van der Waals surface area contributed by atoms with E-state index in [1.807, 2.05) is 31.3 Å². The molecule has 0 radical (unpaired) electrons. The zero-order chi connectivity index (χ0) is 12.8. The van der Waals surface area contributed by atoms with E-state index in [9.17, 15) is 5.11 Å². The molecule has 1 aromatic rings. The van der Waals surface area contributed by atoms with Crippen LogP contribution in [0, 0.1) is 0 Å². The lowest BCUT2D eigenvalue weighted by atomic mass is 10.1. The van der Waals surface area contributed by atoms with E-state index in [1.165, 1.54) is 25.7 Å². The third-order valence-electron chi connectivity index (χ3n) is 3.54. The molecule has 1 saturated carbocycles. The van der Waals surface area contributed by atoms with Crippen molar-refractivity contribution in [2.45, 2.75) is 44.3 Å². The first-order valence-corrected chi connectivity index (χ1v) is 6.89. The molecule has 0 saturated heterocycles. The van der Waals surface area contributed by atoms with E-state index < -0.39 is 6.10 Å². The van der Waals surface area contributed by atoms with Gasteiger partial charge in [-0.05, 0) is 63.4 Å². The van der Waals surface area contributed by atoms with Gasteiger partial charge in [0.1, 0.15) is 5.75 Å². The Morgan fingerprint density at radius 3 is 2.56 bits per heavy atom. The van der Waals surface area contributed by atoms with Crippen molar-refractivity contribution >= 4 is 0 Å². The van der Waals surface area contributed by atoms with E-state index in [4.69, 9.17) is 4.74 Å². The Kier molecular flexibility index (Phi) is 5.02. The van der Waals surface area contributed by atoms with E-state index in [0.29, 0.717) is 6.10 Å². The second-order valence-electron chi connectivity index (χ2n) is 5.00. The summed E-state index contributed by atoms with van der Waals surface area (Å²) in [7, 11) is 1.89. The number of ether oxygens (including phenoxy) is 1. The lowest BCUT2D eigenvalue weighted by molar-refractivity contribution is 0.167. The molecule has 1 aliphatic carbocycles. The van der Waals surface area contributed by atoms with Crippen molar-refractivity contribution in [1.29, 1.82) is 0 Å². The van der Waals surface area contributed by atoms with Crippen LogP contribution in [0.3, 0.4) is 0 Å². The summed E-state index contributed by atoms with van der Waals surface area (Å²) >= 11 is 0. The van der Waals surface area contributed by atoms with Crippen LogP contribution in [0.1, 0.15) is 43.8 Å². The van der Waals surface area contributed by atoms with E-state index in [0.717, 1.165) is 24.3 Å². The Morgan fingerprint density at radius 2 is 1.94 bits per heavy atom. The van der Waals surface area contributed by atoms with E-state index in [-0.39, 0.29) is 0 Å². The molecule has 3 heteroatoms. The van der Waals surface area contributed by atoms with Crippen LogP contribution in [0.15, 0.2) is 24.3 Å². The topological polar surface area (TPSA) is 41.5 Å². The standard InChI is InChI=1S/C15H23NO2/c1-16-11-10-15(17)12-6-8-14(9-7-12)18-13-4-2-3-5-13/h6-9,13,15-17H,2-5,10-11H2,1H3.